The van der Waals surface area contributed by atoms with Gasteiger partial charge in [0.25, 0.3) is 0 Å². The van der Waals surface area contributed by atoms with E-state index in [-0.39, 0.29) is 17.2 Å². The second-order valence-corrected chi connectivity index (χ2v) is 3.22. The molecule has 0 radical (unpaired) electrons. The molecule has 0 aliphatic carbocycles. The number of nitrogens with zero attached hydrogens (tertiary/aromatic N) is 3. The number of benzene rings is 1. The Balaban J connectivity index is 2.08. The fraction of sp³-hybridized carbons (Fsp3) is 0.125. The summed E-state index contributed by atoms with van der Waals surface area (Å²) in [4.78, 5) is 11.2. The molecule has 0 bridgehead atoms. The van der Waals surface area contributed by atoms with Crippen molar-refractivity contribution in [1.82, 2.24) is 20.2 Å². The molecule has 1 aliphatic rings. The molecule has 0 unspecified atom stereocenters. The van der Waals surface area contributed by atoms with Crippen molar-refractivity contribution >= 4 is 0 Å². The van der Waals surface area contributed by atoms with Crippen LogP contribution in [-0.2, 0) is 0 Å². The summed E-state index contributed by atoms with van der Waals surface area (Å²) in [5.41, 5.74) is -0.348. The second kappa shape index (κ2) is 3.03. The third kappa shape index (κ3) is 1.51. The number of aromatic nitrogens is 4. The molecule has 0 spiro atoms. The Labute approximate surface area is 91.6 Å². The average molecular weight is 242 g/mol. The largest absolute Gasteiger partial charge is 0.586 e. The van der Waals surface area contributed by atoms with Gasteiger partial charge in [0.05, 0.1) is 5.69 Å². The number of aromatic amines is 1. The highest BCUT2D eigenvalue weighted by Crippen LogP contribution is 2.41. The number of halogens is 2. The van der Waals surface area contributed by atoms with Gasteiger partial charge in [-0.3, -0.25) is 0 Å². The minimum atomic E-state index is -3.68. The number of nitrogens with one attached hydrogen (secondary N) is 1. The Bertz CT molecular complexity index is 636. The van der Waals surface area contributed by atoms with Crippen LogP contribution in [0.3, 0.4) is 0 Å². The lowest BCUT2D eigenvalue weighted by Gasteiger charge is -2.04. The second-order valence-electron chi connectivity index (χ2n) is 3.22. The SMILES string of the molecule is O=c1[nH]nnn1-c1ccc2c(c1)OC(F)(F)O2. The molecule has 3 rings (SSSR count). The first-order chi connectivity index (χ1) is 8.05. The molecule has 1 aromatic heterocycles. The monoisotopic (exact) mass is 242 g/mol. The minimum absolute atomic E-state index is 0.102. The average Bonchev–Trinajstić information content (AvgIpc) is 2.78. The van der Waals surface area contributed by atoms with Gasteiger partial charge in [0.15, 0.2) is 11.5 Å². The van der Waals surface area contributed by atoms with E-state index < -0.39 is 12.0 Å². The van der Waals surface area contributed by atoms with Crippen LogP contribution in [0.15, 0.2) is 23.0 Å². The summed E-state index contributed by atoms with van der Waals surface area (Å²) in [6.45, 7) is 0. The van der Waals surface area contributed by atoms with E-state index >= 15 is 0 Å². The summed E-state index contributed by atoms with van der Waals surface area (Å²) in [5, 5.41) is 8.82. The lowest BCUT2D eigenvalue weighted by atomic mass is 10.3. The zero-order chi connectivity index (χ0) is 12.0. The number of ether oxygens (including phenoxy) is 2. The maximum absolute atomic E-state index is 12.7. The van der Waals surface area contributed by atoms with Gasteiger partial charge >= 0.3 is 12.0 Å². The van der Waals surface area contributed by atoms with Crippen molar-refractivity contribution in [3.8, 4) is 17.2 Å². The molecule has 1 N–H and O–H groups in total. The van der Waals surface area contributed by atoms with Crippen molar-refractivity contribution < 1.29 is 18.3 Å². The third-order valence-corrected chi connectivity index (χ3v) is 2.10. The molecule has 0 saturated carbocycles. The molecule has 2 heterocycles. The molecule has 17 heavy (non-hydrogen) atoms. The molecule has 2 aromatic rings. The van der Waals surface area contributed by atoms with E-state index in [0.717, 1.165) is 4.68 Å². The van der Waals surface area contributed by atoms with Gasteiger partial charge in [-0.2, -0.15) is 4.68 Å². The fourth-order valence-corrected chi connectivity index (χ4v) is 1.44. The van der Waals surface area contributed by atoms with Crippen LogP contribution >= 0.6 is 0 Å². The Kier molecular flexibility index (Phi) is 1.74. The Morgan fingerprint density at radius 1 is 1.29 bits per heavy atom. The van der Waals surface area contributed by atoms with Gasteiger partial charge in [-0.15, -0.1) is 8.78 Å². The third-order valence-electron chi connectivity index (χ3n) is 2.10. The summed E-state index contributed by atoms with van der Waals surface area (Å²) in [7, 11) is 0. The van der Waals surface area contributed by atoms with Gasteiger partial charge in [-0.1, -0.05) is 0 Å². The first-order valence-electron chi connectivity index (χ1n) is 4.46. The van der Waals surface area contributed by atoms with Gasteiger partial charge in [0.2, 0.25) is 0 Å². The maximum atomic E-state index is 12.7. The highest BCUT2D eigenvalue weighted by atomic mass is 19.3. The Morgan fingerprint density at radius 3 is 2.76 bits per heavy atom. The van der Waals surface area contributed by atoms with Crippen LogP contribution in [0.4, 0.5) is 8.78 Å². The van der Waals surface area contributed by atoms with E-state index in [4.69, 9.17) is 0 Å². The Morgan fingerprint density at radius 2 is 2.06 bits per heavy atom. The summed E-state index contributed by atoms with van der Waals surface area (Å²) >= 11 is 0. The van der Waals surface area contributed by atoms with E-state index in [9.17, 15) is 13.6 Å². The lowest BCUT2D eigenvalue weighted by Crippen LogP contribution is -2.25. The number of rotatable bonds is 1. The highest BCUT2D eigenvalue weighted by Gasteiger charge is 2.43. The van der Waals surface area contributed by atoms with Crippen LogP contribution in [0.1, 0.15) is 0 Å². The van der Waals surface area contributed by atoms with Gasteiger partial charge in [0.1, 0.15) is 0 Å². The van der Waals surface area contributed by atoms with Gasteiger partial charge in [-0.25, -0.2) is 9.89 Å². The minimum Gasteiger partial charge on any atom is -0.395 e. The summed E-state index contributed by atoms with van der Waals surface area (Å²) < 4.78 is 34.8. The van der Waals surface area contributed by atoms with Crippen LogP contribution in [0.25, 0.3) is 5.69 Å². The van der Waals surface area contributed by atoms with Gasteiger partial charge in [-0.05, 0) is 22.6 Å². The molecular weight excluding hydrogens is 238 g/mol. The topological polar surface area (TPSA) is 82.0 Å². The first-order valence-corrected chi connectivity index (χ1v) is 4.46. The number of hydrogen-bond donors (Lipinski definition) is 1. The summed E-state index contributed by atoms with van der Waals surface area (Å²) in [6.07, 6.45) is -3.68. The van der Waals surface area contributed by atoms with Crippen LogP contribution < -0.4 is 15.2 Å². The molecular formula is C8H4F2N4O3. The zero-order valence-corrected chi connectivity index (χ0v) is 8.05. The van der Waals surface area contributed by atoms with Crippen molar-refractivity contribution in [3.05, 3.63) is 28.7 Å². The highest BCUT2D eigenvalue weighted by molar-refractivity contribution is 5.49. The first kappa shape index (κ1) is 9.75. The standard InChI is InChI=1S/C8H4F2N4O3/c9-8(10)16-5-2-1-4(3-6(5)17-8)14-7(15)11-12-13-14/h1-3H,(H,11,13,15). The molecule has 0 fully saturated rings. The summed E-state index contributed by atoms with van der Waals surface area (Å²) in [5.74, 6) is -0.266. The number of hydrogen-bond acceptors (Lipinski definition) is 5. The van der Waals surface area contributed by atoms with Crippen molar-refractivity contribution in [2.75, 3.05) is 0 Å². The predicted octanol–water partition coefficient (Wildman–Crippen LogP) is 0.277. The van der Waals surface area contributed by atoms with E-state index in [1.54, 1.807) is 0 Å². The molecule has 9 heteroatoms. The predicted molar refractivity (Wildman–Crippen MR) is 48.2 cm³/mol. The zero-order valence-electron chi connectivity index (χ0n) is 8.05. The van der Waals surface area contributed by atoms with E-state index in [1.807, 2.05) is 0 Å². The number of H-pyrrole nitrogens is 1. The molecule has 88 valence electrons. The Hall–Kier alpha value is -2.45. The van der Waals surface area contributed by atoms with Crippen LogP contribution in [0.5, 0.6) is 11.5 Å². The normalized spacial score (nSPS) is 16.1. The molecule has 0 saturated heterocycles. The van der Waals surface area contributed by atoms with Crippen LogP contribution in [-0.4, -0.2) is 26.5 Å². The number of fused-ring (bicyclic) bond motifs is 1. The fourth-order valence-electron chi connectivity index (χ4n) is 1.44. The smallest absolute Gasteiger partial charge is 0.395 e. The van der Waals surface area contributed by atoms with Crippen molar-refractivity contribution in [3.63, 3.8) is 0 Å². The van der Waals surface area contributed by atoms with Crippen LogP contribution in [0.2, 0.25) is 0 Å². The quantitative estimate of drug-likeness (QED) is 0.776. The molecule has 1 aliphatic heterocycles. The van der Waals surface area contributed by atoms with E-state index in [1.165, 1.54) is 18.2 Å². The maximum Gasteiger partial charge on any atom is 0.586 e. The summed E-state index contributed by atoms with van der Waals surface area (Å²) in [6, 6.07) is 3.85. The number of alkyl halides is 2. The van der Waals surface area contributed by atoms with Crippen molar-refractivity contribution in [2.24, 2.45) is 0 Å². The van der Waals surface area contributed by atoms with Crippen molar-refractivity contribution in [2.45, 2.75) is 6.29 Å². The van der Waals surface area contributed by atoms with Gasteiger partial charge < -0.3 is 9.47 Å². The molecule has 0 atom stereocenters. The molecule has 1 aromatic carbocycles. The van der Waals surface area contributed by atoms with E-state index in [0.29, 0.717) is 0 Å². The van der Waals surface area contributed by atoms with Crippen LogP contribution in [0, 0.1) is 0 Å². The lowest BCUT2D eigenvalue weighted by molar-refractivity contribution is -0.286. The molecule has 0 amide bonds. The van der Waals surface area contributed by atoms with E-state index in [2.05, 4.69) is 25.0 Å². The molecule has 7 nitrogen and oxygen atoms in total. The number of tetrazole rings is 1. The van der Waals surface area contributed by atoms with Gasteiger partial charge in [0, 0.05) is 6.07 Å². The van der Waals surface area contributed by atoms with Crippen molar-refractivity contribution in [1.29, 1.82) is 0 Å².